The van der Waals surface area contributed by atoms with Crippen molar-refractivity contribution in [2.75, 3.05) is 13.1 Å². The fraction of sp³-hybridized carbons (Fsp3) is 0.650. The third-order valence-electron chi connectivity index (χ3n) is 6.08. The topological polar surface area (TPSA) is 64.2 Å². The van der Waals surface area contributed by atoms with Crippen LogP contribution in [0, 0.1) is 20.8 Å². The quantitative estimate of drug-likeness (QED) is 0.847. The lowest BCUT2D eigenvalue weighted by atomic mass is 9.98. The van der Waals surface area contributed by atoms with E-state index < -0.39 is 0 Å². The second kappa shape index (κ2) is 6.56. The summed E-state index contributed by atoms with van der Waals surface area (Å²) in [5, 5.41) is 4.00. The molecule has 2 aromatic rings. The SMILES string of the molecule is Cc1noc(C)c1C(C)C(=O)N1CCC(n2c(C)nc3c2CCCC3)C1. The molecule has 26 heavy (non-hydrogen) atoms. The number of fused-ring (bicyclic) bond motifs is 1. The third kappa shape index (κ3) is 2.75. The molecular weight excluding hydrogens is 328 g/mol. The summed E-state index contributed by atoms with van der Waals surface area (Å²) < 4.78 is 7.67. The van der Waals surface area contributed by atoms with Crippen molar-refractivity contribution < 1.29 is 9.32 Å². The minimum absolute atomic E-state index is 0.175. The Morgan fingerprint density at radius 1 is 1.23 bits per heavy atom. The van der Waals surface area contributed by atoms with Crippen LogP contribution < -0.4 is 0 Å². The summed E-state index contributed by atoms with van der Waals surface area (Å²) >= 11 is 0. The number of imidazole rings is 1. The molecule has 2 aromatic heterocycles. The van der Waals surface area contributed by atoms with Crippen LogP contribution in [0.4, 0.5) is 0 Å². The second-order valence-corrected chi connectivity index (χ2v) is 7.82. The summed E-state index contributed by atoms with van der Waals surface area (Å²) in [6, 6.07) is 0.352. The van der Waals surface area contributed by atoms with Crippen molar-refractivity contribution in [3.05, 3.63) is 34.2 Å². The fourth-order valence-corrected chi connectivity index (χ4v) is 4.84. The van der Waals surface area contributed by atoms with Crippen LogP contribution in [0.1, 0.15) is 72.4 Å². The van der Waals surface area contributed by atoms with Crippen molar-refractivity contribution in [1.82, 2.24) is 19.6 Å². The van der Waals surface area contributed by atoms with E-state index in [4.69, 9.17) is 9.51 Å². The largest absolute Gasteiger partial charge is 0.361 e. The Hall–Kier alpha value is -2.11. The smallest absolute Gasteiger partial charge is 0.230 e. The van der Waals surface area contributed by atoms with Crippen molar-refractivity contribution in [3.8, 4) is 0 Å². The highest BCUT2D eigenvalue weighted by atomic mass is 16.5. The van der Waals surface area contributed by atoms with Crippen LogP contribution in [0.2, 0.25) is 0 Å². The summed E-state index contributed by atoms with van der Waals surface area (Å²) in [6.45, 7) is 9.44. The average Bonchev–Trinajstić information content (AvgIpc) is 3.30. The Morgan fingerprint density at radius 3 is 2.73 bits per heavy atom. The molecular formula is C20H28N4O2. The van der Waals surface area contributed by atoms with E-state index in [-0.39, 0.29) is 11.8 Å². The van der Waals surface area contributed by atoms with E-state index in [2.05, 4.69) is 16.6 Å². The number of carbonyl (C=O) groups excluding carboxylic acids is 1. The Bertz CT molecular complexity index is 816. The average molecular weight is 356 g/mol. The third-order valence-corrected chi connectivity index (χ3v) is 6.08. The summed E-state index contributed by atoms with van der Waals surface area (Å²) in [6.07, 6.45) is 5.71. The Labute approximate surface area is 154 Å². The Balaban J connectivity index is 1.52. The van der Waals surface area contributed by atoms with E-state index in [1.54, 1.807) is 0 Å². The highest BCUT2D eigenvalue weighted by Crippen LogP contribution is 2.32. The zero-order valence-corrected chi connectivity index (χ0v) is 16.2. The molecule has 0 radical (unpaired) electrons. The molecule has 1 saturated heterocycles. The number of aromatic nitrogens is 3. The van der Waals surface area contributed by atoms with Crippen molar-refractivity contribution >= 4 is 5.91 Å². The van der Waals surface area contributed by atoms with Gasteiger partial charge in [-0.2, -0.15) is 0 Å². The lowest BCUT2D eigenvalue weighted by Gasteiger charge is -2.23. The van der Waals surface area contributed by atoms with Crippen LogP contribution in [0.15, 0.2) is 4.52 Å². The maximum Gasteiger partial charge on any atom is 0.230 e. The van der Waals surface area contributed by atoms with Gasteiger partial charge in [0.15, 0.2) is 0 Å². The van der Waals surface area contributed by atoms with Gasteiger partial charge in [0.2, 0.25) is 5.91 Å². The molecule has 1 aliphatic heterocycles. The first-order valence-corrected chi connectivity index (χ1v) is 9.75. The molecule has 1 fully saturated rings. The Morgan fingerprint density at radius 2 is 2.00 bits per heavy atom. The van der Waals surface area contributed by atoms with E-state index in [1.807, 2.05) is 25.7 Å². The van der Waals surface area contributed by atoms with Gasteiger partial charge in [0.1, 0.15) is 11.6 Å². The van der Waals surface area contributed by atoms with Gasteiger partial charge in [0, 0.05) is 24.3 Å². The maximum atomic E-state index is 13.1. The number of hydrogen-bond acceptors (Lipinski definition) is 4. The van der Waals surface area contributed by atoms with Crippen LogP contribution in [-0.2, 0) is 17.6 Å². The lowest BCUT2D eigenvalue weighted by Crippen LogP contribution is -2.33. The van der Waals surface area contributed by atoms with Crippen LogP contribution in [0.25, 0.3) is 0 Å². The first kappa shape index (κ1) is 17.3. The predicted octanol–water partition coefficient (Wildman–Crippen LogP) is 3.25. The maximum absolute atomic E-state index is 13.1. The molecule has 2 unspecified atom stereocenters. The molecule has 6 nitrogen and oxygen atoms in total. The standard InChI is InChI=1S/C20H28N4O2/c1-12(19-13(2)22-26-14(19)3)20(25)23-10-9-16(11-23)24-15(4)21-17-7-5-6-8-18(17)24/h12,16H,5-11H2,1-4H3. The van der Waals surface area contributed by atoms with Gasteiger partial charge in [0.05, 0.1) is 23.3 Å². The van der Waals surface area contributed by atoms with E-state index in [9.17, 15) is 4.79 Å². The summed E-state index contributed by atoms with van der Waals surface area (Å²) in [4.78, 5) is 19.9. The zero-order valence-electron chi connectivity index (χ0n) is 16.2. The number of hydrogen-bond donors (Lipinski definition) is 0. The van der Waals surface area contributed by atoms with Gasteiger partial charge in [-0.3, -0.25) is 4.79 Å². The summed E-state index contributed by atoms with van der Waals surface area (Å²) in [7, 11) is 0. The van der Waals surface area contributed by atoms with Crippen molar-refractivity contribution in [2.24, 2.45) is 0 Å². The van der Waals surface area contributed by atoms with E-state index in [0.717, 1.165) is 55.2 Å². The van der Waals surface area contributed by atoms with E-state index in [0.29, 0.717) is 6.04 Å². The van der Waals surface area contributed by atoms with Crippen LogP contribution in [0.3, 0.4) is 0 Å². The highest BCUT2D eigenvalue weighted by molar-refractivity contribution is 5.84. The minimum Gasteiger partial charge on any atom is -0.361 e. The number of nitrogens with zero attached hydrogens (tertiary/aromatic N) is 4. The number of rotatable bonds is 3. The van der Waals surface area contributed by atoms with Crippen LogP contribution >= 0.6 is 0 Å². The molecule has 3 heterocycles. The Kier molecular flexibility index (Phi) is 4.37. The monoisotopic (exact) mass is 356 g/mol. The lowest BCUT2D eigenvalue weighted by molar-refractivity contribution is -0.131. The molecule has 0 saturated carbocycles. The molecule has 0 N–H and O–H groups in total. The van der Waals surface area contributed by atoms with E-state index >= 15 is 0 Å². The first-order chi connectivity index (χ1) is 12.5. The van der Waals surface area contributed by atoms with Gasteiger partial charge in [-0.15, -0.1) is 0 Å². The minimum atomic E-state index is -0.210. The molecule has 1 amide bonds. The van der Waals surface area contributed by atoms with Crippen LogP contribution in [-0.4, -0.2) is 38.6 Å². The van der Waals surface area contributed by atoms with Crippen molar-refractivity contribution in [3.63, 3.8) is 0 Å². The number of likely N-dealkylation sites (tertiary alicyclic amines) is 1. The van der Waals surface area contributed by atoms with Gasteiger partial charge in [0.25, 0.3) is 0 Å². The molecule has 0 bridgehead atoms. The number of carbonyl (C=O) groups is 1. The van der Waals surface area contributed by atoms with Crippen molar-refractivity contribution in [1.29, 1.82) is 0 Å². The molecule has 2 aliphatic rings. The van der Waals surface area contributed by atoms with Crippen LogP contribution in [0.5, 0.6) is 0 Å². The van der Waals surface area contributed by atoms with Crippen molar-refractivity contribution in [2.45, 2.75) is 71.8 Å². The van der Waals surface area contributed by atoms with Gasteiger partial charge >= 0.3 is 0 Å². The normalized spacial score (nSPS) is 21.1. The van der Waals surface area contributed by atoms with Gasteiger partial charge in [-0.05, 0) is 59.8 Å². The summed E-state index contributed by atoms with van der Waals surface area (Å²) in [5.74, 6) is 1.82. The highest BCUT2D eigenvalue weighted by Gasteiger charge is 2.34. The molecule has 1 aliphatic carbocycles. The van der Waals surface area contributed by atoms with Gasteiger partial charge in [-0.25, -0.2) is 4.98 Å². The number of aryl methyl sites for hydroxylation is 4. The molecule has 2 atom stereocenters. The van der Waals surface area contributed by atoms with Gasteiger partial charge < -0.3 is 14.0 Å². The fourth-order valence-electron chi connectivity index (χ4n) is 4.84. The first-order valence-electron chi connectivity index (χ1n) is 9.75. The summed E-state index contributed by atoms with van der Waals surface area (Å²) in [5.41, 5.74) is 4.45. The molecule has 140 valence electrons. The molecule has 0 spiro atoms. The molecule has 4 rings (SSSR count). The molecule has 6 heteroatoms. The van der Waals surface area contributed by atoms with Gasteiger partial charge in [-0.1, -0.05) is 5.16 Å². The number of amides is 1. The zero-order chi connectivity index (χ0) is 18.4. The van der Waals surface area contributed by atoms with E-state index in [1.165, 1.54) is 24.2 Å². The predicted molar refractivity (Wildman–Crippen MR) is 98.2 cm³/mol. The molecule has 0 aromatic carbocycles. The second-order valence-electron chi connectivity index (χ2n) is 7.82.